The van der Waals surface area contributed by atoms with E-state index in [1.165, 1.54) is 25.3 Å². The summed E-state index contributed by atoms with van der Waals surface area (Å²) < 4.78 is 19.2. The summed E-state index contributed by atoms with van der Waals surface area (Å²) in [4.78, 5) is 2.38. The van der Waals surface area contributed by atoms with Crippen LogP contribution in [0.3, 0.4) is 0 Å². The minimum Gasteiger partial charge on any atom is -0.464 e. The summed E-state index contributed by atoms with van der Waals surface area (Å²) in [6.45, 7) is 3.02. The van der Waals surface area contributed by atoms with Crippen LogP contribution in [-0.2, 0) is 6.54 Å². The van der Waals surface area contributed by atoms with E-state index in [9.17, 15) is 4.39 Å². The van der Waals surface area contributed by atoms with Gasteiger partial charge in [0.1, 0.15) is 11.4 Å². The van der Waals surface area contributed by atoms with Gasteiger partial charge in [0, 0.05) is 12.1 Å². The molecule has 1 fully saturated rings. The molecule has 17 heavy (non-hydrogen) atoms. The van der Waals surface area contributed by atoms with E-state index in [2.05, 4.69) is 4.90 Å². The summed E-state index contributed by atoms with van der Waals surface area (Å²) in [5, 5.41) is 0.651. The summed E-state index contributed by atoms with van der Waals surface area (Å²) in [6, 6.07) is 5.00. The predicted molar refractivity (Wildman–Crippen MR) is 65.3 cm³/mol. The van der Waals surface area contributed by atoms with E-state index in [4.69, 9.17) is 4.42 Å². The van der Waals surface area contributed by atoms with Crippen LogP contribution in [-0.4, -0.2) is 18.0 Å². The van der Waals surface area contributed by atoms with Crippen LogP contribution in [0.25, 0.3) is 11.0 Å². The van der Waals surface area contributed by atoms with Crippen molar-refractivity contribution >= 4 is 11.0 Å². The molecule has 1 aliphatic heterocycles. The first-order chi connectivity index (χ1) is 8.34. The van der Waals surface area contributed by atoms with Crippen LogP contribution in [0.1, 0.15) is 24.8 Å². The second kappa shape index (κ2) is 4.49. The highest BCUT2D eigenvalue weighted by molar-refractivity contribution is 5.81. The van der Waals surface area contributed by atoms with Crippen molar-refractivity contribution in [2.75, 3.05) is 13.1 Å². The zero-order valence-corrected chi connectivity index (χ0v) is 9.79. The molecular weight excluding hydrogens is 217 g/mol. The molecule has 0 spiro atoms. The van der Waals surface area contributed by atoms with Crippen molar-refractivity contribution in [2.24, 2.45) is 0 Å². The van der Waals surface area contributed by atoms with Crippen LogP contribution >= 0.6 is 0 Å². The molecule has 0 bridgehead atoms. The third-order valence-electron chi connectivity index (χ3n) is 3.47. The number of nitrogens with zero attached hydrogens (tertiary/aromatic N) is 1. The molecule has 1 saturated heterocycles. The lowest BCUT2D eigenvalue weighted by atomic mass is 10.1. The summed E-state index contributed by atoms with van der Waals surface area (Å²) in [5.41, 5.74) is 1.62. The lowest BCUT2D eigenvalue weighted by Gasteiger charge is -2.25. The fourth-order valence-corrected chi connectivity index (χ4v) is 2.58. The highest BCUT2D eigenvalue weighted by Crippen LogP contribution is 2.25. The fourth-order valence-electron chi connectivity index (χ4n) is 2.58. The van der Waals surface area contributed by atoms with Crippen LogP contribution < -0.4 is 0 Å². The average molecular weight is 233 g/mol. The van der Waals surface area contributed by atoms with Crippen molar-refractivity contribution < 1.29 is 8.81 Å². The molecule has 0 amide bonds. The average Bonchev–Trinajstić information content (AvgIpc) is 2.75. The van der Waals surface area contributed by atoms with Gasteiger partial charge in [-0.25, -0.2) is 4.39 Å². The van der Waals surface area contributed by atoms with Gasteiger partial charge in [-0.15, -0.1) is 0 Å². The van der Waals surface area contributed by atoms with E-state index in [1.807, 2.05) is 6.07 Å². The predicted octanol–water partition coefficient (Wildman–Crippen LogP) is 3.56. The van der Waals surface area contributed by atoms with E-state index >= 15 is 0 Å². The number of hydrogen-bond acceptors (Lipinski definition) is 2. The maximum absolute atomic E-state index is 13.8. The van der Waals surface area contributed by atoms with Crippen LogP contribution in [0.4, 0.5) is 4.39 Å². The Kier molecular flexibility index (Phi) is 2.85. The normalized spacial score (nSPS) is 17.7. The van der Waals surface area contributed by atoms with Crippen molar-refractivity contribution in [2.45, 2.75) is 25.8 Å². The molecule has 0 unspecified atom stereocenters. The number of benzene rings is 1. The lowest BCUT2D eigenvalue weighted by Crippen LogP contribution is -2.28. The highest BCUT2D eigenvalue weighted by atomic mass is 19.1. The number of hydrogen-bond donors (Lipinski definition) is 0. The molecule has 3 heteroatoms. The van der Waals surface area contributed by atoms with Gasteiger partial charge in [-0.3, -0.25) is 4.90 Å². The molecule has 0 atom stereocenters. The van der Waals surface area contributed by atoms with Crippen molar-refractivity contribution in [3.05, 3.63) is 35.8 Å². The maximum atomic E-state index is 13.8. The van der Waals surface area contributed by atoms with Crippen LogP contribution in [0, 0.1) is 5.82 Å². The Hall–Kier alpha value is -1.35. The molecule has 0 aliphatic carbocycles. The molecule has 2 heterocycles. The summed E-state index contributed by atoms with van der Waals surface area (Å²) >= 11 is 0. The maximum Gasteiger partial charge on any atom is 0.137 e. The van der Waals surface area contributed by atoms with Gasteiger partial charge in [0.2, 0.25) is 0 Å². The third kappa shape index (κ3) is 2.07. The third-order valence-corrected chi connectivity index (χ3v) is 3.47. The highest BCUT2D eigenvalue weighted by Gasteiger charge is 2.15. The number of piperidine rings is 1. The molecule has 3 rings (SSSR count). The summed E-state index contributed by atoms with van der Waals surface area (Å²) in [7, 11) is 0. The smallest absolute Gasteiger partial charge is 0.137 e. The first kappa shape index (κ1) is 10.8. The SMILES string of the molecule is Fc1cccc2occ(CN3CCCCC3)c12. The number of furan rings is 1. The molecule has 0 saturated carbocycles. The molecule has 2 nitrogen and oxygen atoms in total. The standard InChI is InChI=1S/C14H16FNO/c15-12-5-4-6-13-14(12)11(10-17-13)9-16-7-2-1-3-8-16/h4-6,10H,1-3,7-9H2. The first-order valence-corrected chi connectivity index (χ1v) is 6.21. The summed E-state index contributed by atoms with van der Waals surface area (Å²) in [5.74, 6) is -0.178. The lowest BCUT2D eigenvalue weighted by molar-refractivity contribution is 0.221. The van der Waals surface area contributed by atoms with Gasteiger partial charge in [0.25, 0.3) is 0 Å². The summed E-state index contributed by atoms with van der Waals surface area (Å²) in [6.07, 6.45) is 5.51. The molecule has 0 radical (unpaired) electrons. The van der Waals surface area contributed by atoms with Crippen molar-refractivity contribution in [3.63, 3.8) is 0 Å². The minimum absolute atomic E-state index is 0.178. The van der Waals surface area contributed by atoms with Gasteiger partial charge in [-0.05, 0) is 38.1 Å². The Morgan fingerprint density at radius 1 is 1.18 bits per heavy atom. The largest absolute Gasteiger partial charge is 0.464 e. The zero-order valence-electron chi connectivity index (χ0n) is 9.79. The van der Waals surface area contributed by atoms with Crippen LogP contribution in [0.2, 0.25) is 0 Å². The van der Waals surface area contributed by atoms with Crippen molar-refractivity contribution in [1.82, 2.24) is 4.90 Å². The van der Waals surface area contributed by atoms with Crippen LogP contribution in [0.5, 0.6) is 0 Å². The number of halogens is 1. The topological polar surface area (TPSA) is 16.4 Å². The van der Waals surface area contributed by atoms with Crippen LogP contribution in [0.15, 0.2) is 28.9 Å². The number of fused-ring (bicyclic) bond motifs is 1. The van der Waals surface area contributed by atoms with Gasteiger partial charge >= 0.3 is 0 Å². The van der Waals surface area contributed by atoms with Gasteiger partial charge < -0.3 is 4.42 Å². The molecule has 90 valence electrons. The quantitative estimate of drug-likeness (QED) is 0.788. The monoisotopic (exact) mass is 233 g/mol. The first-order valence-electron chi connectivity index (χ1n) is 6.21. The fraction of sp³-hybridized carbons (Fsp3) is 0.429. The van der Waals surface area contributed by atoms with Gasteiger partial charge in [0.15, 0.2) is 0 Å². The van der Waals surface area contributed by atoms with Gasteiger partial charge in [0.05, 0.1) is 11.6 Å². The van der Waals surface area contributed by atoms with E-state index in [0.717, 1.165) is 25.2 Å². The zero-order chi connectivity index (χ0) is 11.7. The Labute approximate surface area is 100 Å². The number of likely N-dealkylation sites (tertiary alicyclic amines) is 1. The Morgan fingerprint density at radius 3 is 2.82 bits per heavy atom. The second-order valence-corrected chi connectivity index (χ2v) is 4.71. The molecule has 1 aromatic carbocycles. The number of rotatable bonds is 2. The van der Waals surface area contributed by atoms with E-state index in [-0.39, 0.29) is 5.82 Å². The molecular formula is C14H16FNO. The van der Waals surface area contributed by atoms with Crippen molar-refractivity contribution in [1.29, 1.82) is 0 Å². The molecule has 1 aromatic heterocycles. The van der Waals surface area contributed by atoms with E-state index in [1.54, 1.807) is 12.3 Å². The Bertz CT molecular complexity index is 514. The molecule has 0 N–H and O–H groups in total. The molecule has 1 aliphatic rings. The Morgan fingerprint density at radius 2 is 2.00 bits per heavy atom. The molecule has 2 aromatic rings. The Balaban J connectivity index is 1.89. The minimum atomic E-state index is -0.178. The van der Waals surface area contributed by atoms with Gasteiger partial charge in [-0.2, -0.15) is 0 Å². The van der Waals surface area contributed by atoms with Gasteiger partial charge in [-0.1, -0.05) is 12.5 Å². The second-order valence-electron chi connectivity index (χ2n) is 4.71. The van der Waals surface area contributed by atoms with Crippen molar-refractivity contribution in [3.8, 4) is 0 Å². The van der Waals surface area contributed by atoms with E-state index in [0.29, 0.717) is 11.0 Å². The van der Waals surface area contributed by atoms with E-state index < -0.39 is 0 Å².